The molecule has 1 atom stereocenters. The van der Waals surface area contributed by atoms with Crippen LogP contribution in [0.25, 0.3) is 0 Å². The maximum absolute atomic E-state index is 12.7. The largest absolute Gasteiger partial charge is 0.344 e. The van der Waals surface area contributed by atoms with Gasteiger partial charge < -0.3 is 17.7 Å². The van der Waals surface area contributed by atoms with Gasteiger partial charge in [0.05, 0.1) is 0 Å². The van der Waals surface area contributed by atoms with Crippen LogP contribution in [0, 0.1) is 12.8 Å². The van der Waals surface area contributed by atoms with E-state index in [2.05, 4.69) is 6.92 Å². The number of fused-ring (bicyclic) bond motifs is 1. The van der Waals surface area contributed by atoms with Crippen molar-refractivity contribution in [2.45, 2.75) is 51.3 Å². The van der Waals surface area contributed by atoms with Gasteiger partial charge in [0.2, 0.25) is 0 Å². The van der Waals surface area contributed by atoms with Gasteiger partial charge in [0.15, 0.2) is 0 Å². The number of amides is 1. The summed E-state index contributed by atoms with van der Waals surface area (Å²) in [6.45, 7) is 5.57. The van der Waals surface area contributed by atoms with Crippen LogP contribution in [0.2, 0.25) is 0 Å². The average Bonchev–Trinajstić information content (AvgIpc) is 2.93. The summed E-state index contributed by atoms with van der Waals surface area (Å²) in [7, 11) is 0. The van der Waals surface area contributed by atoms with E-state index < -0.39 is 0 Å². The van der Waals surface area contributed by atoms with Crippen LogP contribution in [0.3, 0.4) is 0 Å². The average molecular weight is 373 g/mol. The number of carbonyl (C=O) groups is 1. The summed E-state index contributed by atoms with van der Waals surface area (Å²) >= 11 is 0. The molecule has 2 aliphatic rings. The quantitative estimate of drug-likeness (QED) is 0.731. The Morgan fingerprint density at radius 2 is 2.09 bits per heavy atom. The summed E-state index contributed by atoms with van der Waals surface area (Å²) in [5.41, 5.74) is 3.07. The fourth-order valence-electron chi connectivity index (χ4n) is 3.36. The third-order valence-electron chi connectivity index (χ3n) is 4.71. The van der Waals surface area contributed by atoms with E-state index in [0.717, 1.165) is 56.3 Å². The summed E-state index contributed by atoms with van der Waals surface area (Å²) in [4.78, 5) is 14.6. The molecule has 1 aromatic carbocycles. The third-order valence-corrected chi connectivity index (χ3v) is 4.71. The Bertz CT molecular complexity index is 540. The first kappa shape index (κ1) is 16.6. The molecule has 3 rings (SSSR count). The van der Waals surface area contributed by atoms with Crippen molar-refractivity contribution < 1.29 is 38.9 Å². The van der Waals surface area contributed by atoms with Crippen LogP contribution in [0.1, 0.15) is 61.4 Å². The minimum absolute atomic E-state index is 0. The van der Waals surface area contributed by atoms with Crippen molar-refractivity contribution in [1.29, 1.82) is 0 Å². The Labute approximate surface area is 161 Å². The molecule has 1 aromatic rings. The van der Waals surface area contributed by atoms with Crippen LogP contribution in [-0.2, 0) is 45.5 Å². The summed E-state index contributed by atoms with van der Waals surface area (Å²) in [6.07, 6.45) is 7.13. The second-order valence-corrected chi connectivity index (χ2v) is 6.16. The predicted octanol–water partition coefficient (Wildman–Crippen LogP) is 3.99. The molecule has 0 aromatic heterocycles. The van der Waals surface area contributed by atoms with Crippen molar-refractivity contribution in [3.05, 3.63) is 47.7 Å². The van der Waals surface area contributed by atoms with Crippen molar-refractivity contribution in [2.24, 2.45) is 0 Å². The van der Waals surface area contributed by atoms with Crippen molar-refractivity contribution >= 4 is 5.91 Å². The van der Waals surface area contributed by atoms with Crippen molar-refractivity contribution in [1.82, 2.24) is 4.90 Å². The minimum atomic E-state index is -0.147. The SMILES string of the molecule is [2H]C1CCc2ccc(C(=O)N3CC[C-](CCC[CH2-])CC3)cc21.[Y]. The number of hydrogen-bond donors (Lipinski definition) is 0. The predicted molar refractivity (Wildman–Crippen MR) is 86.1 cm³/mol. The first-order chi connectivity index (χ1) is 10.7. The van der Waals surface area contributed by atoms with Gasteiger partial charge >= 0.3 is 0 Å². The summed E-state index contributed by atoms with van der Waals surface area (Å²) < 4.78 is 8.05. The van der Waals surface area contributed by atoms with E-state index in [1.807, 2.05) is 23.1 Å². The molecule has 1 saturated heterocycles. The Morgan fingerprint density at radius 3 is 2.82 bits per heavy atom. The number of rotatable bonds is 4. The molecular formula is C19H25NOY-2. The zero-order valence-corrected chi connectivity index (χ0v) is 16.2. The van der Waals surface area contributed by atoms with E-state index in [-0.39, 0.29) is 45.0 Å². The molecule has 0 bridgehead atoms. The molecule has 2 nitrogen and oxygen atoms in total. The van der Waals surface area contributed by atoms with E-state index in [0.29, 0.717) is 0 Å². The van der Waals surface area contributed by atoms with Gasteiger partial charge in [0.25, 0.3) is 5.91 Å². The number of carbonyl (C=O) groups excluding carboxylic acids is 1. The van der Waals surface area contributed by atoms with Crippen molar-refractivity contribution in [3.63, 3.8) is 0 Å². The molecule has 1 aliphatic carbocycles. The van der Waals surface area contributed by atoms with Gasteiger partial charge in [0, 0.05) is 39.6 Å². The smallest absolute Gasteiger partial charge is 0.253 e. The standard InChI is InChI=1S/C19H25NO.Y/c1-2-3-5-15-10-12-20(13-11-15)19(21)18-9-8-16-6-4-7-17(16)14-18;/h8-9,14H,1-7,10-13H2;/q-2;/i7D;. The number of nitrogens with zero attached hydrogens (tertiary/aromatic N) is 1. The number of benzene rings is 1. The molecular weight excluding hydrogens is 347 g/mol. The summed E-state index contributed by atoms with van der Waals surface area (Å²) in [5.74, 6) is 1.73. The molecule has 1 amide bonds. The van der Waals surface area contributed by atoms with E-state index in [4.69, 9.17) is 1.37 Å². The Balaban J connectivity index is 0.00000192. The normalized spacial score (nSPS) is 22.0. The molecule has 0 saturated carbocycles. The zero-order valence-electron chi connectivity index (χ0n) is 14.3. The van der Waals surface area contributed by atoms with Crippen LogP contribution in [0.4, 0.5) is 0 Å². The molecule has 1 radical (unpaired) electrons. The van der Waals surface area contributed by atoms with Gasteiger partial charge in [-0.2, -0.15) is 25.7 Å². The molecule has 3 heteroatoms. The van der Waals surface area contributed by atoms with Gasteiger partial charge in [-0.25, -0.2) is 0 Å². The summed E-state index contributed by atoms with van der Waals surface area (Å²) in [6, 6.07) is 5.96. The maximum Gasteiger partial charge on any atom is 0.253 e. The van der Waals surface area contributed by atoms with Crippen LogP contribution in [0.5, 0.6) is 0 Å². The third kappa shape index (κ3) is 4.20. The second kappa shape index (κ2) is 8.59. The van der Waals surface area contributed by atoms with Crippen molar-refractivity contribution in [3.8, 4) is 0 Å². The van der Waals surface area contributed by atoms with Crippen LogP contribution < -0.4 is 0 Å². The number of piperidine rings is 1. The first-order valence-corrected chi connectivity index (χ1v) is 8.16. The maximum atomic E-state index is 12.7. The number of hydrogen-bond acceptors (Lipinski definition) is 1. The number of likely N-dealkylation sites (tertiary alicyclic amines) is 1. The number of unbranched alkanes of at least 4 members (excludes halogenated alkanes) is 1. The fourth-order valence-corrected chi connectivity index (χ4v) is 3.36. The molecule has 1 unspecified atom stereocenters. The van der Waals surface area contributed by atoms with E-state index in [1.54, 1.807) is 5.92 Å². The van der Waals surface area contributed by atoms with Gasteiger partial charge in [-0.3, -0.25) is 4.79 Å². The van der Waals surface area contributed by atoms with Gasteiger partial charge in [-0.1, -0.05) is 6.07 Å². The Hall–Kier alpha value is -0.206. The number of aryl methyl sites for hydroxylation is 2. The van der Waals surface area contributed by atoms with Gasteiger partial charge in [-0.05, 0) is 55.6 Å². The molecule has 1 aliphatic heterocycles. The van der Waals surface area contributed by atoms with E-state index in [9.17, 15) is 4.79 Å². The second-order valence-electron chi connectivity index (χ2n) is 6.16. The van der Waals surface area contributed by atoms with E-state index >= 15 is 0 Å². The monoisotopic (exact) mass is 373 g/mol. The molecule has 1 heterocycles. The Kier molecular flexibility index (Phi) is 6.50. The topological polar surface area (TPSA) is 20.3 Å². The molecule has 0 N–H and O–H groups in total. The van der Waals surface area contributed by atoms with Crippen molar-refractivity contribution in [2.75, 3.05) is 13.1 Å². The minimum Gasteiger partial charge on any atom is -0.344 e. The van der Waals surface area contributed by atoms with Gasteiger partial charge in [-0.15, -0.1) is 6.42 Å². The first-order valence-electron chi connectivity index (χ1n) is 8.74. The zero-order chi connectivity index (χ0) is 15.5. The van der Waals surface area contributed by atoms with Crippen LogP contribution in [-0.4, -0.2) is 23.9 Å². The Morgan fingerprint density at radius 1 is 1.32 bits per heavy atom. The molecule has 0 spiro atoms. The molecule has 1 fully saturated rings. The fraction of sp³-hybridized carbons (Fsp3) is 0.526. The molecule has 117 valence electrons. The molecule has 22 heavy (non-hydrogen) atoms. The van der Waals surface area contributed by atoms with E-state index in [1.165, 1.54) is 18.4 Å². The van der Waals surface area contributed by atoms with Crippen LogP contribution >= 0.6 is 0 Å². The summed E-state index contributed by atoms with van der Waals surface area (Å²) in [5, 5.41) is 0. The van der Waals surface area contributed by atoms with Crippen LogP contribution in [0.15, 0.2) is 18.2 Å². The van der Waals surface area contributed by atoms with Gasteiger partial charge in [0.1, 0.15) is 0 Å².